The van der Waals surface area contributed by atoms with E-state index in [1.54, 1.807) is 0 Å². The Hall–Kier alpha value is -0.450. The molecule has 0 amide bonds. The fourth-order valence-electron chi connectivity index (χ4n) is 3.88. The second kappa shape index (κ2) is 18.3. The fraction of sp³-hybridized carbons (Fsp3) is 0.960. The van der Waals surface area contributed by atoms with E-state index in [0.717, 1.165) is 19.3 Å². The first-order chi connectivity index (χ1) is 14.2. The molecule has 1 aliphatic rings. The summed E-state index contributed by atoms with van der Waals surface area (Å²) < 4.78 is 17.5. The van der Waals surface area contributed by atoms with E-state index in [1.807, 2.05) is 0 Å². The van der Waals surface area contributed by atoms with Crippen LogP contribution in [0.4, 0.5) is 0 Å². The molecule has 29 heavy (non-hydrogen) atoms. The molecule has 4 nitrogen and oxygen atoms in total. The van der Waals surface area contributed by atoms with E-state index < -0.39 is 5.97 Å². The maximum Gasteiger partial charge on any atom is 0.283 e. The molecule has 0 aromatic rings. The molecule has 172 valence electrons. The van der Waals surface area contributed by atoms with Crippen LogP contribution in [-0.2, 0) is 19.0 Å². The van der Waals surface area contributed by atoms with Gasteiger partial charge < -0.3 is 14.2 Å². The molecule has 0 radical (unpaired) electrons. The number of hydrogen-bond donors (Lipinski definition) is 0. The molecule has 0 saturated carbocycles. The van der Waals surface area contributed by atoms with Crippen LogP contribution in [0.25, 0.3) is 0 Å². The van der Waals surface area contributed by atoms with Gasteiger partial charge in [-0.15, -0.1) is 0 Å². The molecule has 0 N–H and O–H groups in total. The van der Waals surface area contributed by atoms with Gasteiger partial charge in [0, 0.05) is 6.42 Å². The van der Waals surface area contributed by atoms with Crippen LogP contribution in [0.2, 0.25) is 0 Å². The Kier molecular flexibility index (Phi) is 16.8. The van der Waals surface area contributed by atoms with Gasteiger partial charge in [-0.2, -0.15) is 0 Å². The van der Waals surface area contributed by atoms with Crippen molar-refractivity contribution >= 4 is 5.78 Å². The molecule has 1 rings (SSSR count). The van der Waals surface area contributed by atoms with Gasteiger partial charge in [-0.1, -0.05) is 110 Å². The molecule has 0 aromatic heterocycles. The summed E-state index contributed by atoms with van der Waals surface area (Å²) in [4.78, 5) is 11.5. The summed E-state index contributed by atoms with van der Waals surface area (Å²) in [6.45, 7) is 5.41. The Morgan fingerprint density at radius 1 is 0.655 bits per heavy atom. The zero-order chi connectivity index (χ0) is 21.0. The first kappa shape index (κ1) is 26.6. The van der Waals surface area contributed by atoms with Gasteiger partial charge in [-0.3, -0.25) is 4.79 Å². The highest BCUT2D eigenvalue weighted by Gasteiger charge is 2.37. The van der Waals surface area contributed by atoms with Gasteiger partial charge in [0.2, 0.25) is 0 Å². The quantitative estimate of drug-likeness (QED) is 0.196. The van der Waals surface area contributed by atoms with E-state index in [1.165, 1.54) is 96.3 Å². The van der Waals surface area contributed by atoms with E-state index >= 15 is 0 Å². The number of rotatable bonds is 20. The second-order valence-electron chi connectivity index (χ2n) is 8.70. The Labute approximate surface area is 180 Å². The summed E-state index contributed by atoms with van der Waals surface area (Å²) in [5.74, 6) is -0.973. The van der Waals surface area contributed by atoms with Gasteiger partial charge in [0.05, 0.1) is 6.61 Å². The van der Waals surface area contributed by atoms with Crippen molar-refractivity contribution in [2.75, 3.05) is 19.8 Å². The summed E-state index contributed by atoms with van der Waals surface area (Å²) in [6.07, 6.45) is 22.5. The lowest BCUT2D eigenvalue weighted by Gasteiger charge is -2.36. The number of carbonyl (C=O) groups excluding carboxylic acids is 1. The molecule has 0 bridgehead atoms. The summed E-state index contributed by atoms with van der Waals surface area (Å²) >= 11 is 0. The van der Waals surface area contributed by atoms with Crippen molar-refractivity contribution in [2.45, 2.75) is 135 Å². The summed E-state index contributed by atoms with van der Waals surface area (Å²) in [6, 6.07) is 0. The van der Waals surface area contributed by atoms with Gasteiger partial charge in [-0.05, 0) is 12.8 Å². The Morgan fingerprint density at radius 2 is 1.07 bits per heavy atom. The van der Waals surface area contributed by atoms with Crippen LogP contribution < -0.4 is 0 Å². The minimum Gasteiger partial charge on any atom is -0.327 e. The SMILES string of the molecule is CCCCCCCCCCCC1(OCCCCCCCCCC)OCC(=O)CO1. The van der Waals surface area contributed by atoms with Gasteiger partial charge >= 0.3 is 0 Å². The van der Waals surface area contributed by atoms with Crippen molar-refractivity contribution in [3.63, 3.8) is 0 Å². The smallest absolute Gasteiger partial charge is 0.283 e. The highest BCUT2D eigenvalue weighted by molar-refractivity contribution is 5.81. The van der Waals surface area contributed by atoms with Gasteiger partial charge in [0.15, 0.2) is 5.78 Å². The van der Waals surface area contributed by atoms with E-state index in [9.17, 15) is 4.79 Å². The molecule has 1 aliphatic heterocycles. The molecule has 0 spiro atoms. The van der Waals surface area contributed by atoms with E-state index in [4.69, 9.17) is 14.2 Å². The summed E-state index contributed by atoms with van der Waals surface area (Å²) in [5, 5.41) is 0. The van der Waals surface area contributed by atoms with Crippen molar-refractivity contribution in [3.8, 4) is 0 Å². The first-order valence-electron chi connectivity index (χ1n) is 12.7. The normalized spacial score (nSPS) is 16.4. The maximum absolute atomic E-state index is 11.5. The number of hydrogen-bond acceptors (Lipinski definition) is 4. The average molecular weight is 413 g/mol. The van der Waals surface area contributed by atoms with Crippen LogP contribution in [0.15, 0.2) is 0 Å². The molecule has 0 unspecified atom stereocenters. The third-order valence-electron chi connectivity index (χ3n) is 5.81. The highest BCUT2D eigenvalue weighted by atomic mass is 16.9. The van der Waals surface area contributed by atoms with E-state index in [2.05, 4.69) is 13.8 Å². The molecular formula is C25H48O4. The predicted octanol–water partition coefficient (Wildman–Crippen LogP) is 7.33. The van der Waals surface area contributed by atoms with Gasteiger partial charge in [0.25, 0.3) is 5.97 Å². The first-order valence-corrected chi connectivity index (χ1v) is 12.7. The van der Waals surface area contributed by atoms with Crippen LogP contribution >= 0.6 is 0 Å². The van der Waals surface area contributed by atoms with Crippen molar-refractivity contribution < 1.29 is 19.0 Å². The molecule has 0 atom stereocenters. The van der Waals surface area contributed by atoms with Crippen LogP contribution in [0.5, 0.6) is 0 Å². The molecule has 0 aromatic carbocycles. The number of Topliss-reactive ketones (excluding diaryl/α,β-unsaturated/α-hetero) is 1. The van der Waals surface area contributed by atoms with Crippen molar-refractivity contribution in [1.82, 2.24) is 0 Å². The number of carbonyl (C=O) groups is 1. The van der Waals surface area contributed by atoms with Crippen molar-refractivity contribution in [2.24, 2.45) is 0 Å². The number of ketones is 1. The minimum atomic E-state index is -0.976. The third kappa shape index (κ3) is 14.2. The molecule has 0 aliphatic carbocycles. The van der Waals surface area contributed by atoms with Crippen molar-refractivity contribution in [3.05, 3.63) is 0 Å². The second-order valence-corrected chi connectivity index (χ2v) is 8.70. The molecule has 1 fully saturated rings. The lowest BCUT2D eigenvalue weighted by atomic mass is 10.1. The molecule has 1 heterocycles. The lowest BCUT2D eigenvalue weighted by molar-refractivity contribution is -0.389. The lowest BCUT2D eigenvalue weighted by Crippen LogP contribution is -2.47. The number of unbranched alkanes of at least 4 members (excludes halogenated alkanes) is 15. The number of ether oxygens (including phenoxy) is 3. The summed E-state index contributed by atoms with van der Waals surface area (Å²) in [7, 11) is 0. The standard InChI is InChI=1S/C25H48O4/c1-3-5-7-9-11-13-14-16-18-20-25(28-22-24(26)23-29-25)27-21-19-17-15-12-10-8-6-4-2/h3-23H2,1-2H3. The molecule has 1 saturated heterocycles. The minimum absolute atomic E-state index is 0.00313. The maximum atomic E-state index is 11.5. The highest BCUT2D eigenvalue weighted by Crippen LogP contribution is 2.27. The largest absolute Gasteiger partial charge is 0.327 e. The molecule has 4 heteroatoms. The Balaban J connectivity index is 2.12. The van der Waals surface area contributed by atoms with Gasteiger partial charge in [0.1, 0.15) is 13.2 Å². The zero-order valence-electron chi connectivity index (χ0n) is 19.5. The average Bonchev–Trinajstić information content (AvgIpc) is 2.73. The van der Waals surface area contributed by atoms with Crippen LogP contribution in [0.3, 0.4) is 0 Å². The zero-order valence-corrected chi connectivity index (χ0v) is 19.5. The van der Waals surface area contributed by atoms with E-state index in [0.29, 0.717) is 6.61 Å². The predicted molar refractivity (Wildman–Crippen MR) is 120 cm³/mol. The Morgan fingerprint density at radius 3 is 1.55 bits per heavy atom. The third-order valence-corrected chi connectivity index (χ3v) is 5.81. The van der Waals surface area contributed by atoms with E-state index in [-0.39, 0.29) is 19.0 Å². The monoisotopic (exact) mass is 412 g/mol. The summed E-state index contributed by atoms with van der Waals surface area (Å²) in [5.41, 5.74) is 0. The van der Waals surface area contributed by atoms with Crippen molar-refractivity contribution in [1.29, 1.82) is 0 Å². The van der Waals surface area contributed by atoms with Crippen LogP contribution in [0, 0.1) is 0 Å². The Bertz CT molecular complexity index is 349. The molecular weight excluding hydrogens is 364 g/mol. The fourth-order valence-corrected chi connectivity index (χ4v) is 3.88. The van der Waals surface area contributed by atoms with Gasteiger partial charge in [-0.25, -0.2) is 0 Å². The van der Waals surface area contributed by atoms with Crippen LogP contribution in [-0.4, -0.2) is 31.6 Å². The van der Waals surface area contributed by atoms with Crippen LogP contribution in [0.1, 0.15) is 129 Å². The topological polar surface area (TPSA) is 44.8 Å².